The Kier molecular flexibility index (Phi) is 5.55. The minimum absolute atomic E-state index is 0.0939. The van der Waals surface area contributed by atoms with Gasteiger partial charge in [-0.05, 0) is 28.6 Å². The average molecular weight is 411 g/mol. The van der Waals surface area contributed by atoms with E-state index < -0.39 is 16.2 Å². The number of nitrogens with zero attached hydrogens (tertiary/aromatic N) is 1. The van der Waals surface area contributed by atoms with Crippen LogP contribution in [0.4, 0.5) is 0 Å². The Morgan fingerprint density at radius 3 is 2.67 bits per heavy atom. The molecule has 1 aromatic carbocycles. The minimum atomic E-state index is -3.87. The SMILES string of the molecule is NS(=O)(=O)c1cccc(-c2csc(CN3CCOCC3)c2)c1C1NNNN1. The number of sulfonamides is 1. The molecule has 0 amide bonds. The van der Waals surface area contributed by atoms with Crippen molar-refractivity contribution in [1.29, 1.82) is 0 Å². The summed E-state index contributed by atoms with van der Waals surface area (Å²) < 4.78 is 29.7. The second-order valence-corrected chi connectivity index (χ2v) is 8.95. The van der Waals surface area contributed by atoms with Crippen LogP contribution in [-0.2, 0) is 21.3 Å². The Morgan fingerprint density at radius 1 is 1.22 bits per heavy atom. The van der Waals surface area contributed by atoms with E-state index in [0.717, 1.165) is 44.0 Å². The Hall–Kier alpha value is -1.41. The number of thiophene rings is 1. The Bertz CT molecular complexity index is 905. The molecular weight excluding hydrogens is 388 g/mol. The largest absolute Gasteiger partial charge is 0.379 e. The van der Waals surface area contributed by atoms with Gasteiger partial charge in [-0.25, -0.2) is 24.4 Å². The molecule has 2 aromatic rings. The predicted octanol–water partition coefficient (Wildman–Crippen LogP) is 0.0103. The number of morpholine rings is 1. The quantitative estimate of drug-likeness (QED) is 0.468. The van der Waals surface area contributed by atoms with E-state index in [-0.39, 0.29) is 4.90 Å². The van der Waals surface area contributed by atoms with Gasteiger partial charge in [0.15, 0.2) is 0 Å². The highest BCUT2D eigenvalue weighted by Crippen LogP contribution is 2.35. The first-order valence-electron chi connectivity index (χ1n) is 8.57. The van der Waals surface area contributed by atoms with E-state index in [1.54, 1.807) is 17.4 Å². The number of hydrazine groups is 3. The number of benzene rings is 1. The fourth-order valence-corrected chi connectivity index (χ4v) is 5.05. The Morgan fingerprint density at radius 2 is 1.96 bits per heavy atom. The van der Waals surface area contributed by atoms with E-state index in [0.29, 0.717) is 5.56 Å². The lowest BCUT2D eigenvalue weighted by molar-refractivity contribution is 0.0346. The highest BCUT2D eigenvalue weighted by Gasteiger charge is 2.27. The van der Waals surface area contributed by atoms with Gasteiger partial charge in [-0.3, -0.25) is 4.90 Å². The molecule has 0 radical (unpaired) electrons. The fraction of sp³-hybridized carbons (Fsp3) is 0.375. The van der Waals surface area contributed by atoms with E-state index in [9.17, 15) is 8.42 Å². The van der Waals surface area contributed by atoms with Gasteiger partial charge in [0.05, 0.1) is 18.1 Å². The molecule has 9 nitrogen and oxygen atoms in total. The molecular formula is C16H22N6O3S2. The molecule has 146 valence electrons. The molecule has 1 aromatic heterocycles. The third kappa shape index (κ3) is 4.21. The molecule has 3 heterocycles. The van der Waals surface area contributed by atoms with E-state index in [2.05, 4.69) is 38.3 Å². The van der Waals surface area contributed by atoms with Crippen LogP contribution in [0.1, 0.15) is 16.6 Å². The van der Waals surface area contributed by atoms with E-state index >= 15 is 0 Å². The molecule has 2 saturated heterocycles. The van der Waals surface area contributed by atoms with E-state index in [1.807, 2.05) is 6.07 Å². The van der Waals surface area contributed by atoms with Gasteiger partial charge in [0.2, 0.25) is 10.0 Å². The maximum Gasteiger partial charge on any atom is 0.238 e. The zero-order valence-electron chi connectivity index (χ0n) is 14.6. The van der Waals surface area contributed by atoms with Crippen molar-refractivity contribution in [3.8, 4) is 11.1 Å². The highest BCUT2D eigenvalue weighted by molar-refractivity contribution is 7.89. The molecule has 0 unspecified atom stereocenters. The molecule has 0 aliphatic carbocycles. The summed E-state index contributed by atoms with van der Waals surface area (Å²) in [6.45, 7) is 4.23. The maximum absolute atomic E-state index is 12.1. The van der Waals surface area contributed by atoms with Crippen LogP contribution in [0.5, 0.6) is 0 Å². The first-order chi connectivity index (χ1) is 13.0. The Labute approximate surface area is 161 Å². The highest BCUT2D eigenvalue weighted by atomic mass is 32.2. The minimum Gasteiger partial charge on any atom is -0.379 e. The van der Waals surface area contributed by atoms with Crippen molar-refractivity contribution in [3.63, 3.8) is 0 Å². The molecule has 0 bridgehead atoms. The van der Waals surface area contributed by atoms with Crippen LogP contribution in [-0.4, -0.2) is 39.6 Å². The summed E-state index contributed by atoms with van der Waals surface area (Å²) in [4.78, 5) is 3.67. The van der Waals surface area contributed by atoms with Crippen LogP contribution < -0.4 is 27.1 Å². The average Bonchev–Trinajstić information content (AvgIpc) is 3.33. The number of nitrogens with two attached hydrogens (primary N) is 1. The second kappa shape index (κ2) is 7.91. The van der Waals surface area contributed by atoms with Crippen molar-refractivity contribution in [3.05, 3.63) is 40.1 Å². The van der Waals surface area contributed by atoms with Gasteiger partial charge >= 0.3 is 0 Å². The molecule has 2 aliphatic rings. The van der Waals surface area contributed by atoms with Crippen molar-refractivity contribution < 1.29 is 13.2 Å². The van der Waals surface area contributed by atoms with Crippen LogP contribution in [0.2, 0.25) is 0 Å². The summed E-state index contributed by atoms with van der Waals surface area (Å²) in [5, 5.41) is 7.51. The van der Waals surface area contributed by atoms with Gasteiger partial charge in [-0.2, -0.15) is 11.1 Å². The number of hydrogen-bond donors (Lipinski definition) is 5. The summed E-state index contributed by atoms with van der Waals surface area (Å²) in [6.07, 6.45) is -0.447. The van der Waals surface area contributed by atoms with Gasteiger partial charge in [-0.1, -0.05) is 12.1 Å². The third-order valence-electron chi connectivity index (χ3n) is 4.60. The van der Waals surface area contributed by atoms with Gasteiger partial charge < -0.3 is 4.74 Å². The molecule has 4 rings (SSSR count). The summed E-state index contributed by atoms with van der Waals surface area (Å²) in [5.41, 5.74) is 13.7. The second-order valence-electron chi connectivity index (χ2n) is 6.42. The monoisotopic (exact) mass is 410 g/mol. The molecule has 6 N–H and O–H groups in total. The molecule has 2 aliphatic heterocycles. The number of rotatable bonds is 5. The van der Waals surface area contributed by atoms with Crippen molar-refractivity contribution in [2.24, 2.45) is 5.14 Å². The lowest BCUT2D eigenvalue weighted by Crippen LogP contribution is -2.35. The van der Waals surface area contributed by atoms with Crippen molar-refractivity contribution >= 4 is 21.4 Å². The molecule has 0 spiro atoms. The Balaban J connectivity index is 1.69. The van der Waals surface area contributed by atoms with Gasteiger partial charge in [0, 0.05) is 30.1 Å². The molecule has 0 saturated carbocycles. The van der Waals surface area contributed by atoms with Gasteiger partial charge in [0.1, 0.15) is 6.17 Å². The third-order valence-corrected chi connectivity index (χ3v) is 6.50. The lowest BCUT2D eigenvalue weighted by atomic mass is 10.00. The van der Waals surface area contributed by atoms with Crippen LogP contribution >= 0.6 is 11.3 Å². The fourth-order valence-electron chi connectivity index (χ4n) is 3.32. The lowest BCUT2D eigenvalue weighted by Gasteiger charge is -2.25. The standard InChI is InChI=1S/C16H22N6O3S2/c17-27(23,24)14-3-1-2-13(15(14)16-18-20-21-19-16)11-8-12(26-10-11)9-22-4-6-25-7-5-22/h1-3,8,10,16,18-21H,4-7,9H2,(H2,17,23,24). The first-order valence-corrected chi connectivity index (χ1v) is 11.0. The summed E-state index contributed by atoms with van der Waals surface area (Å²) in [5.74, 6) is 0. The van der Waals surface area contributed by atoms with Gasteiger partial charge in [0.25, 0.3) is 0 Å². The van der Waals surface area contributed by atoms with Crippen molar-refractivity contribution in [2.75, 3.05) is 26.3 Å². The molecule has 11 heteroatoms. The first kappa shape index (κ1) is 18.9. The van der Waals surface area contributed by atoms with E-state index in [1.165, 1.54) is 10.9 Å². The summed E-state index contributed by atoms with van der Waals surface area (Å²) >= 11 is 1.67. The van der Waals surface area contributed by atoms with Crippen LogP contribution in [0.15, 0.2) is 34.5 Å². The predicted molar refractivity (Wildman–Crippen MR) is 103 cm³/mol. The molecule has 27 heavy (non-hydrogen) atoms. The van der Waals surface area contributed by atoms with Crippen molar-refractivity contribution in [1.82, 2.24) is 26.8 Å². The maximum atomic E-state index is 12.1. The van der Waals surface area contributed by atoms with Crippen LogP contribution in [0.25, 0.3) is 11.1 Å². The molecule has 0 atom stereocenters. The number of primary sulfonamides is 1. The number of hydrogen-bond acceptors (Lipinski definition) is 9. The normalized spacial score (nSPS) is 19.6. The van der Waals surface area contributed by atoms with Crippen molar-refractivity contribution in [2.45, 2.75) is 17.6 Å². The van der Waals surface area contributed by atoms with Crippen LogP contribution in [0.3, 0.4) is 0 Å². The molecule has 2 fully saturated rings. The smallest absolute Gasteiger partial charge is 0.238 e. The zero-order chi connectivity index (χ0) is 18.9. The zero-order valence-corrected chi connectivity index (χ0v) is 16.2. The number of nitrogens with one attached hydrogen (secondary N) is 4. The summed E-state index contributed by atoms with van der Waals surface area (Å²) in [7, 11) is -3.87. The number of ether oxygens (including phenoxy) is 1. The van der Waals surface area contributed by atoms with E-state index in [4.69, 9.17) is 9.88 Å². The van der Waals surface area contributed by atoms with Gasteiger partial charge in [-0.15, -0.1) is 11.3 Å². The summed E-state index contributed by atoms with van der Waals surface area (Å²) in [6, 6.07) is 7.26. The van der Waals surface area contributed by atoms with Crippen LogP contribution in [0, 0.1) is 0 Å². The topological polar surface area (TPSA) is 121 Å².